The van der Waals surface area contributed by atoms with Crippen molar-refractivity contribution < 1.29 is 4.12 Å². The molecule has 0 N–H and O–H groups in total. The predicted octanol–water partition coefficient (Wildman–Crippen LogP) is -0.794. The fourth-order valence-corrected chi connectivity index (χ4v) is 2.90. The Hall–Kier alpha value is -0.386. The van der Waals surface area contributed by atoms with Crippen molar-refractivity contribution in [2.75, 3.05) is 0 Å². The zero-order valence-corrected chi connectivity index (χ0v) is 6.72. The van der Waals surface area contributed by atoms with Crippen LogP contribution < -0.4 is 10.4 Å². The van der Waals surface area contributed by atoms with Gasteiger partial charge in [0.05, 0.1) is 0 Å². The van der Waals surface area contributed by atoms with Gasteiger partial charge in [-0.25, -0.2) is 0 Å². The van der Waals surface area contributed by atoms with E-state index in [2.05, 4.69) is 24.3 Å². The molecule has 1 aromatic rings. The van der Waals surface area contributed by atoms with Crippen LogP contribution in [-0.2, 0) is 4.12 Å². The van der Waals surface area contributed by atoms with Gasteiger partial charge in [-0.3, -0.25) is 0 Å². The van der Waals surface area contributed by atoms with Crippen molar-refractivity contribution in [2.45, 2.75) is 0 Å². The molecule has 1 aromatic carbocycles. The molecule has 1 nitrogen and oxygen atoms in total. The summed E-state index contributed by atoms with van der Waals surface area (Å²) in [7, 11) is 1.18. The quantitative estimate of drug-likeness (QED) is 0.438. The Bertz CT molecular complexity index is 201. The van der Waals surface area contributed by atoms with Gasteiger partial charge in [0.2, 0.25) is 0 Å². The van der Waals surface area contributed by atoms with E-state index >= 15 is 0 Å². The van der Waals surface area contributed by atoms with E-state index in [1.165, 1.54) is 10.4 Å². The highest BCUT2D eigenvalue weighted by Crippen LogP contribution is 1.85. The molecular weight excluding hydrogens is 144 g/mol. The Morgan fingerprint density at radius 2 is 1.56 bits per heavy atom. The smallest absolute Gasteiger partial charge is 0.256 e. The minimum Gasteiger partial charge on any atom is -0.450 e. The molecule has 42 valence electrons. The molecule has 0 atom stereocenters. The largest absolute Gasteiger partial charge is 0.450 e. The molecule has 9 heavy (non-hydrogen) atoms. The third kappa shape index (κ3) is 0.869. The van der Waals surface area contributed by atoms with Gasteiger partial charge in [-0.05, 0) is 10.4 Å². The lowest BCUT2D eigenvalue weighted by Gasteiger charge is -1.89. The predicted molar refractivity (Wildman–Crippen MR) is 38.3 cm³/mol. The van der Waals surface area contributed by atoms with E-state index in [4.69, 9.17) is 4.12 Å². The van der Waals surface area contributed by atoms with Crippen molar-refractivity contribution in [3.05, 3.63) is 24.3 Å². The zero-order chi connectivity index (χ0) is 6.10. The molecule has 1 heterocycles. The number of benzene rings is 1. The van der Waals surface area contributed by atoms with Gasteiger partial charge in [0.1, 0.15) is 0 Å². The summed E-state index contributed by atoms with van der Waals surface area (Å²) in [5.41, 5.74) is 0. The van der Waals surface area contributed by atoms with Gasteiger partial charge in [0, 0.05) is 0 Å². The van der Waals surface area contributed by atoms with Gasteiger partial charge in [0.15, 0.2) is 0 Å². The maximum atomic E-state index is 5.27. The van der Waals surface area contributed by atoms with Crippen LogP contribution in [0.2, 0.25) is 0 Å². The zero-order valence-electron chi connectivity index (χ0n) is 4.72. The first-order valence-corrected chi connectivity index (χ1v) is 4.55. The van der Waals surface area contributed by atoms with E-state index < -0.39 is 0 Å². The average Bonchev–Trinajstić information content (AvgIpc) is 2.33. The Morgan fingerprint density at radius 3 is 2.11 bits per heavy atom. The van der Waals surface area contributed by atoms with Gasteiger partial charge >= 0.3 is 0 Å². The molecule has 0 fully saturated rings. The lowest BCUT2D eigenvalue weighted by atomic mass is 10.4. The van der Waals surface area contributed by atoms with E-state index in [0.717, 1.165) is 0 Å². The molecule has 0 spiro atoms. The van der Waals surface area contributed by atoms with Crippen molar-refractivity contribution in [2.24, 2.45) is 0 Å². The van der Waals surface area contributed by atoms with Gasteiger partial charge in [-0.15, -0.1) is 0 Å². The second kappa shape index (κ2) is 2.09. The molecule has 1 aliphatic heterocycles. The molecule has 1 aliphatic rings. The summed E-state index contributed by atoms with van der Waals surface area (Å²) >= 11 is 0. The van der Waals surface area contributed by atoms with E-state index in [-0.39, 0.29) is 0 Å². The highest BCUT2D eigenvalue weighted by atomic mass is 28.3. The summed E-state index contributed by atoms with van der Waals surface area (Å²) in [5, 5.41) is 2.77. The summed E-state index contributed by atoms with van der Waals surface area (Å²) in [5.74, 6) is 0. The number of rotatable bonds is 0. The first-order valence-electron chi connectivity index (χ1n) is 2.74. The first kappa shape index (κ1) is 5.40. The maximum absolute atomic E-state index is 5.27. The summed E-state index contributed by atoms with van der Waals surface area (Å²) in [6.45, 7) is 0. The summed E-state index contributed by atoms with van der Waals surface area (Å²) < 4.78 is 5.27. The van der Waals surface area contributed by atoms with Crippen LogP contribution in [0.4, 0.5) is 0 Å². The molecule has 0 unspecified atom stereocenters. The molecule has 4 radical (unpaired) electrons. The van der Waals surface area contributed by atoms with Crippen molar-refractivity contribution in [3.63, 3.8) is 0 Å². The SMILES string of the molecule is c1ccc2c(c1)[Si]O[Si]2. The monoisotopic (exact) mass is 148 g/mol. The Labute approximate surface area is 58.9 Å². The van der Waals surface area contributed by atoms with E-state index in [0.29, 0.717) is 19.5 Å². The molecule has 0 bridgehead atoms. The minimum absolute atomic E-state index is 0.592. The first-order chi connectivity index (χ1) is 4.47. The normalized spacial score (nSPS) is 15.6. The minimum atomic E-state index is 0.592. The molecule has 0 aliphatic carbocycles. The van der Waals surface area contributed by atoms with Crippen LogP contribution in [0, 0.1) is 0 Å². The summed E-state index contributed by atoms with van der Waals surface area (Å²) in [6, 6.07) is 8.39. The highest BCUT2D eigenvalue weighted by Gasteiger charge is 2.12. The number of hydrogen-bond donors (Lipinski definition) is 0. The van der Waals surface area contributed by atoms with Gasteiger partial charge in [-0.1, -0.05) is 24.3 Å². The van der Waals surface area contributed by atoms with Crippen LogP contribution >= 0.6 is 0 Å². The fourth-order valence-electron chi connectivity index (χ4n) is 0.797. The molecule has 2 rings (SSSR count). The van der Waals surface area contributed by atoms with Crippen molar-refractivity contribution in [1.82, 2.24) is 0 Å². The second-order valence-corrected chi connectivity index (χ2v) is 4.15. The highest BCUT2D eigenvalue weighted by molar-refractivity contribution is 6.72. The van der Waals surface area contributed by atoms with Gasteiger partial charge in [0.25, 0.3) is 19.5 Å². The third-order valence-electron chi connectivity index (χ3n) is 1.25. The molecule has 0 saturated heterocycles. The van der Waals surface area contributed by atoms with Crippen LogP contribution in [-0.4, -0.2) is 19.5 Å². The van der Waals surface area contributed by atoms with Crippen molar-refractivity contribution in [3.8, 4) is 0 Å². The van der Waals surface area contributed by atoms with Crippen molar-refractivity contribution in [1.29, 1.82) is 0 Å². The van der Waals surface area contributed by atoms with Crippen molar-refractivity contribution >= 4 is 29.9 Å². The lowest BCUT2D eigenvalue weighted by molar-refractivity contribution is 0.671. The number of fused-ring (bicyclic) bond motifs is 1. The van der Waals surface area contributed by atoms with Gasteiger partial charge in [-0.2, -0.15) is 0 Å². The average molecular weight is 148 g/mol. The third-order valence-corrected chi connectivity index (χ3v) is 3.63. The summed E-state index contributed by atoms with van der Waals surface area (Å²) in [6.07, 6.45) is 0. The Morgan fingerprint density at radius 1 is 1.00 bits per heavy atom. The fraction of sp³-hybridized carbons (Fsp3) is 0. The Kier molecular flexibility index (Phi) is 1.26. The Balaban J connectivity index is 2.54. The molecule has 0 saturated carbocycles. The van der Waals surface area contributed by atoms with E-state index in [9.17, 15) is 0 Å². The van der Waals surface area contributed by atoms with Crippen LogP contribution in [0.5, 0.6) is 0 Å². The van der Waals surface area contributed by atoms with Crippen LogP contribution in [0.25, 0.3) is 0 Å². The van der Waals surface area contributed by atoms with Crippen LogP contribution in [0.3, 0.4) is 0 Å². The van der Waals surface area contributed by atoms with E-state index in [1.54, 1.807) is 0 Å². The summed E-state index contributed by atoms with van der Waals surface area (Å²) in [4.78, 5) is 0. The van der Waals surface area contributed by atoms with Gasteiger partial charge < -0.3 is 4.12 Å². The van der Waals surface area contributed by atoms with Crippen LogP contribution in [0.15, 0.2) is 24.3 Å². The maximum Gasteiger partial charge on any atom is 0.256 e. The standard InChI is InChI=1S/C6H4OSi2/c1-2-4-6-5(3-1)8-7-9-6/h1-4H. The van der Waals surface area contributed by atoms with Crippen LogP contribution in [0.1, 0.15) is 0 Å². The lowest BCUT2D eigenvalue weighted by Crippen LogP contribution is -2.24. The number of hydrogen-bond acceptors (Lipinski definition) is 1. The van der Waals surface area contributed by atoms with E-state index in [1.807, 2.05) is 0 Å². The topological polar surface area (TPSA) is 9.23 Å². The molecule has 3 heteroatoms. The molecule has 0 aromatic heterocycles. The molecular formula is C6H4OSi2. The second-order valence-electron chi connectivity index (χ2n) is 1.85. The molecule has 0 amide bonds.